The molecule has 2 N–H and O–H groups in total. The van der Waals surface area contributed by atoms with E-state index in [-0.39, 0.29) is 12.0 Å². The van der Waals surface area contributed by atoms with Crippen molar-refractivity contribution in [2.24, 2.45) is 0 Å². The van der Waals surface area contributed by atoms with Crippen LogP contribution in [0.2, 0.25) is 0 Å². The topological polar surface area (TPSA) is 86.9 Å². The van der Waals surface area contributed by atoms with Crippen molar-refractivity contribution in [1.29, 1.82) is 0 Å². The maximum absolute atomic E-state index is 12.2. The van der Waals surface area contributed by atoms with Gasteiger partial charge in [-0.3, -0.25) is 9.89 Å². The highest BCUT2D eigenvalue weighted by atomic mass is 16.5. The van der Waals surface area contributed by atoms with Crippen LogP contribution in [0.25, 0.3) is 0 Å². The number of carbonyl (C=O) groups is 1. The first-order valence-electron chi connectivity index (χ1n) is 6.17. The first-order chi connectivity index (χ1) is 9.24. The zero-order chi connectivity index (χ0) is 13.2. The van der Waals surface area contributed by atoms with Crippen LogP contribution in [-0.2, 0) is 4.74 Å². The maximum atomic E-state index is 12.2. The molecule has 2 aromatic rings. The van der Waals surface area contributed by atoms with Crippen molar-refractivity contribution in [2.75, 3.05) is 19.7 Å². The van der Waals surface area contributed by atoms with Gasteiger partial charge in [0.1, 0.15) is 17.6 Å². The van der Waals surface area contributed by atoms with E-state index in [4.69, 9.17) is 4.74 Å². The van der Waals surface area contributed by atoms with Gasteiger partial charge in [-0.15, -0.1) is 0 Å². The van der Waals surface area contributed by atoms with Crippen LogP contribution in [0, 0.1) is 6.92 Å². The molecule has 0 bridgehead atoms. The minimum Gasteiger partial charge on any atom is -0.366 e. The van der Waals surface area contributed by atoms with Crippen molar-refractivity contribution in [2.45, 2.75) is 13.0 Å². The molecule has 0 spiro atoms. The zero-order valence-electron chi connectivity index (χ0n) is 10.6. The molecule has 2 aromatic heterocycles. The number of morpholine rings is 1. The summed E-state index contributed by atoms with van der Waals surface area (Å²) in [6.07, 6.45) is 1.47. The lowest BCUT2D eigenvalue weighted by molar-refractivity contribution is -0.0268. The van der Waals surface area contributed by atoms with E-state index in [1.165, 1.54) is 0 Å². The molecule has 0 aliphatic carbocycles. The molecule has 0 aromatic carbocycles. The summed E-state index contributed by atoms with van der Waals surface area (Å²) >= 11 is 0. The summed E-state index contributed by atoms with van der Waals surface area (Å²) in [4.78, 5) is 21.2. The van der Waals surface area contributed by atoms with Crippen molar-refractivity contribution in [3.05, 3.63) is 35.7 Å². The summed E-state index contributed by atoms with van der Waals surface area (Å²) in [6.45, 7) is 3.37. The lowest BCUT2D eigenvalue weighted by Gasteiger charge is -2.31. The molecular weight excluding hydrogens is 246 g/mol. The molecule has 3 heterocycles. The fourth-order valence-electron chi connectivity index (χ4n) is 2.13. The summed E-state index contributed by atoms with van der Waals surface area (Å²) < 4.78 is 5.63. The van der Waals surface area contributed by atoms with E-state index in [0.29, 0.717) is 31.2 Å². The van der Waals surface area contributed by atoms with E-state index in [9.17, 15) is 4.79 Å². The van der Waals surface area contributed by atoms with Crippen molar-refractivity contribution in [1.82, 2.24) is 25.1 Å². The normalized spacial score (nSPS) is 19.6. The van der Waals surface area contributed by atoms with Gasteiger partial charge in [-0.2, -0.15) is 5.10 Å². The molecule has 1 aliphatic heterocycles. The minimum absolute atomic E-state index is 0.0226. The molecule has 1 atom stereocenters. The van der Waals surface area contributed by atoms with Gasteiger partial charge in [0.25, 0.3) is 5.91 Å². The molecule has 1 unspecified atom stereocenters. The number of H-pyrrole nitrogens is 2. The third-order valence-corrected chi connectivity index (χ3v) is 3.08. The number of hydrogen-bond donors (Lipinski definition) is 2. The molecular formula is C12H15N5O2. The molecule has 19 heavy (non-hydrogen) atoms. The van der Waals surface area contributed by atoms with Gasteiger partial charge < -0.3 is 14.6 Å². The number of aryl methyl sites for hydroxylation is 1. The number of rotatable bonds is 2. The number of nitrogens with zero attached hydrogens (tertiary/aromatic N) is 3. The third kappa shape index (κ3) is 2.37. The molecule has 1 aliphatic rings. The Morgan fingerprint density at radius 3 is 3.16 bits per heavy atom. The number of nitrogens with one attached hydrogen (secondary N) is 2. The molecule has 100 valence electrons. The predicted molar refractivity (Wildman–Crippen MR) is 66.5 cm³/mol. The molecule has 7 nitrogen and oxygen atoms in total. The number of ether oxygens (including phenoxy) is 1. The Hall–Kier alpha value is -2.15. The maximum Gasteiger partial charge on any atom is 0.270 e. The largest absolute Gasteiger partial charge is 0.366 e. The minimum atomic E-state index is -0.266. The monoisotopic (exact) mass is 261 g/mol. The SMILES string of the molecule is Cc1nc(C2CN(C(=O)c3ccc[nH]3)CCO2)n[nH]1. The van der Waals surface area contributed by atoms with Crippen LogP contribution >= 0.6 is 0 Å². The standard InChI is InChI=1S/C12H15N5O2/c1-8-14-11(16-15-8)10-7-17(5-6-19-10)12(18)9-3-2-4-13-9/h2-4,10,13H,5-7H2,1H3,(H,14,15,16). The van der Waals surface area contributed by atoms with E-state index in [1.54, 1.807) is 17.2 Å². The molecule has 1 amide bonds. The number of hydrogen-bond acceptors (Lipinski definition) is 4. The smallest absolute Gasteiger partial charge is 0.270 e. The van der Waals surface area contributed by atoms with Gasteiger partial charge in [0.05, 0.1) is 13.2 Å². The van der Waals surface area contributed by atoms with Gasteiger partial charge in [-0.25, -0.2) is 4.98 Å². The highest BCUT2D eigenvalue weighted by molar-refractivity contribution is 5.92. The fraction of sp³-hybridized carbons (Fsp3) is 0.417. The van der Waals surface area contributed by atoms with E-state index >= 15 is 0 Å². The van der Waals surface area contributed by atoms with Crippen LogP contribution in [0.15, 0.2) is 18.3 Å². The molecule has 7 heteroatoms. The predicted octanol–water partition coefficient (Wildman–Crippen LogP) is 0.655. The van der Waals surface area contributed by atoms with Crippen LogP contribution < -0.4 is 0 Å². The van der Waals surface area contributed by atoms with Crippen molar-refractivity contribution in [3.8, 4) is 0 Å². The van der Waals surface area contributed by atoms with Crippen molar-refractivity contribution >= 4 is 5.91 Å². The van der Waals surface area contributed by atoms with Crippen LogP contribution in [0.3, 0.4) is 0 Å². The second kappa shape index (κ2) is 4.85. The van der Waals surface area contributed by atoms with Gasteiger partial charge in [0.2, 0.25) is 0 Å². The fourth-order valence-corrected chi connectivity index (χ4v) is 2.13. The Bertz CT molecular complexity index is 562. The van der Waals surface area contributed by atoms with Gasteiger partial charge in [-0.1, -0.05) is 0 Å². The molecule has 0 radical (unpaired) electrons. The Labute approximate surface area is 110 Å². The van der Waals surface area contributed by atoms with E-state index in [1.807, 2.05) is 13.0 Å². The lowest BCUT2D eigenvalue weighted by Crippen LogP contribution is -2.42. The first-order valence-corrected chi connectivity index (χ1v) is 6.17. The Kier molecular flexibility index (Phi) is 3.04. The molecule has 1 fully saturated rings. The zero-order valence-corrected chi connectivity index (χ0v) is 10.6. The second-order valence-corrected chi connectivity index (χ2v) is 4.47. The Morgan fingerprint density at radius 1 is 1.58 bits per heavy atom. The first kappa shape index (κ1) is 11.9. The van der Waals surface area contributed by atoms with Crippen LogP contribution in [0.5, 0.6) is 0 Å². The number of carbonyl (C=O) groups excluding carboxylic acids is 1. The Balaban J connectivity index is 1.73. The van der Waals surface area contributed by atoms with Gasteiger partial charge in [0.15, 0.2) is 5.82 Å². The number of aromatic amines is 2. The summed E-state index contributed by atoms with van der Waals surface area (Å²) in [5, 5.41) is 6.88. The molecule has 0 saturated carbocycles. The highest BCUT2D eigenvalue weighted by Crippen LogP contribution is 2.20. The van der Waals surface area contributed by atoms with Crippen LogP contribution in [-0.4, -0.2) is 50.7 Å². The summed E-state index contributed by atoms with van der Waals surface area (Å²) in [5.41, 5.74) is 0.590. The van der Waals surface area contributed by atoms with Gasteiger partial charge >= 0.3 is 0 Å². The van der Waals surface area contributed by atoms with Crippen LogP contribution in [0.1, 0.15) is 28.2 Å². The van der Waals surface area contributed by atoms with E-state index in [2.05, 4.69) is 20.2 Å². The van der Waals surface area contributed by atoms with Crippen LogP contribution in [0.4, 0.5) is 0 Å². The average molecular weight is 261 g/mol. The van der Waals surface area contributed by atoms with Crippen molar-refractivity contribution in [3.63, 3.8) is 0 Å². The third-order valence-electron chi connectivity index (χ3n) is 3.08. The second-order valence-electron chi connectivity index (χ2n) is 4.47. The summed E-state index contributed by atoms with van der Waals surface area (Å²) in [7, 11) is 0. The van der Waals surface area contributed by atoms with Gasteiger partial charge in [-0.05, 0) is 19.1 Å². The van der Waals surface area contributed by atoms with Gasteiger partial charge in [0, 0.05) is 12.7 Å². The number of amides is 1. The summed E-state index contributed by atoms with van der Waals surface area (Å²) in [6, 6.07) is 3.58. The quantitative estimate of drug-likeness (QED) is 0.831. The van der Waals surface area contributed by atoms with Crippen molar-refractivity contribution < 1.29 is 9.53 Å². The average Bonchev–Trinajstić information content (AvgIpc) is 3.09. The molecule has 3 rings (SSSR count). The Morgan fingerprint density at radius 2 is 2.47 bits per heavy atom. The van der Waals surface area contributed by atoms with E-state index < -0.39 is 0 Å². The lowest BCUT2D eigenvalue weighted by atomic mass is 10.2. The number of aromatic nitrogens is 4. The summed E-state index contributed by atoms with van der Waals surface area (Å²) in [5.74, 6) is 1.32. The van der Waals surface area contributed by atoms with E-state index in [0.717, 1.165) is 5.82 Å². The molecule has 1 saturated heterocycles. The highest BCUT2D eigenvalue weighted by Gasteiger charge is 2.28.